The van der Waals surface area contributed by atoms with Crippen molar-refractivity contribution in [2.45, 2.75) is 6.54 Å². The van der Waals surface area contributed by atoms with Crippen molar-refractivity contribution >= 4 is 35.2 Å². The van der Waals surface area contributed by atoms with E-state index in [-0.39, 0.29) is 16.6 Å². The molecule has 0 aliphatic heterocycles. The monoisotopic (exact) mass is 388 g/mol. The van der Waals surface area contributed by atoms with Crippen LogP contribution in [0.2, 0.25) is 5.02 Å². The first kappa shape index (κ1) is 20.1. The summed E-state index contributed by atoms with van der Waals surface area (Å²) in [4.78, 5) is 35.5. The van der Waals surface area contributed by atoms with Gasteiger partial charge in [-0.05, 0) is 35.4 Å². The van der Waals surface area contributed by atoms with Crippen LogP contribution in [0.5, 0.6) is 0 Å². The number of rotatable bonds is 6. The van der Waals surface area contributed by atoms with Crippen molar-refractivity contribution in [2.75, 3.05) is 14.2 Å². The number of amides is 1. The summed E-state index contributed by atoms with van der Waals surface area (Å²) in [5.74, 6) is -0.699. The normalized spacial score (nSPS) is 10.6. The highest BCUT2D eigenvalue weighted by Gasteiger charge is 2.12. The van der Waals surface area contributed by atoms with Crippen LogP contribution in [0, 0.1) is 10.1 Å². The van der Waals surface area contributed by atoms with Gasteiger partial charge in [0, 0.05) is 25.7 Å². The predicted octanol–water partition coefficient (Wildman–Crippen LogP) is 3.71. The number of hydrogen-bond donors (Lipinski definition) is 0. The lowest BCUT2D eigenvalue weighted by atomic mass is 10.1. The van der Waals surface area contributed by atoms with E-state index in [9.17, 15) is 19.7 Å². The Bertz CT molecular complexity index is 893. The minimum atomic E-state index is -0.578. The lowest BCUT2D eigenvalue weighted by Crippen LogP contribution is -2.24. The van der Waals surface area contributed by atoms with E-state index >= 15 is 0 Å². The molecule has 2 rings (SSSR count). The molecule has 2 aromatic rings. The summed E-state index contributed by atoms with van der Waals surface area (Å²) in [6.07, 6.45) is 2.82. The average Bonchev–Trinajstić information content (AvgIpc) is 2.66. The minimum absolute atomic E-state index is 0.0380. The third kappa shape index (κ3) is 5.39. The molecule has 0 aliphatic carbocycles. The molecule has 0 radical (unpaired) electrons. The predicted molar refractivity (Wildman–Crippen MR) is 101 cm³/mol. The molecule has 140 valence electrons. The second-order valence-electron chi connectivity index (χ2n) is 5.68. The lowest BCUT2D eigenvalue weighted by molar-refractivity contribution is -0.384. The molecule has 0 saturated carbocycles. The van der Waals surface area contributed by atoms with Crippen molar-refractivity contribution < 1.29 is 19.2 Å². The van der Waals surface area contributed by atoms with Crippen molar-refractivity contribution in [3.63, 3.8) is 0 Å². The number of methoxy groups -OCH3 is 1. The molecule has 0 heterocycles. The second kappa shape index (κ2) is 8.95. The molecule has 0 fully saturated rings. The zero-order valence-corrected chi connectivity index (χ0v) is 15.5. The summed E-state index contributed by atoms with van der Waals surface area (Å²) in [6, 6.07) is 11.0. The first-order chi connectivity index (χ1) is 12.8. The molecular weight excluding hydrogens is 372 g/mol. The fraction of sp³-hybridized carbons (Fsp3) is 0.158. The fourth-order valence-corrected chi connectivity index (χ4v) is 2.47. The molecule has 0 N–H and O–H groups in total. The molecule has 7 nitrogen and oxygen atoms in total. The number of esters is 1. The standard InChI is InChI=1S/C19H17ClN2O5/c1-21(12-14-3-7-15(8-4-14)19(24)27-2)18(23)10-6-13-5-9-16(20)17(11-13)22(25)26/h3-11H,12H2,1-2H3/b10-6+. The van der Waals surface area contributed by atoms with Gasteiger partial charge in [-0.3, -0.25) is 14.9 Å². The Hall–Kier alpha value is -3.19. The molecular formula is C19H17ClN2O5. The first-order valence-corrected chi connectivity index (χ1v) is 8.24. The Morgan fingerprint density at radius 1 is 1.22 bits per heavy atom. The molecule has 0 saturated heterocycles. The van der Waals surface area contributed by atoms with Crippen LogP contribution in [0.3, 0.4) is 0 Å². The van der Waals surface area contributed by atoms with Gasteiger partial charge in [0.2, 0.25) is 5.91 Å². The van der Waals surface area contributed by atoms with E-state index in [1.54, 1.807) is 37.4 Å². The summed E-state index contributed by atoms with van der Waals surface area (Å²) in [5, 5.41) is 10.9. The van der Waals surface area contributed by atoms with Crippen molar-refractivity contribution in [1.29, 1.82) is 0 Å². The number of halogens is 1. The summed E-state index contributed by atoms with van der Waals surface area (Å²) in [5.41, 5.74) is 1.55. The smallest absolute Gasteiger partial charge is 0.337 e. The summed E-state index contributed by atoms with van der Waals surface area (Å²) in [7, 11) is 2.94. The quantitative estimate of drug-likeness (QED) is 0.325. The highest BCUT2D eigenvalue weighted by Crippen LogP contribution is 2.25. The molecule has 0 aromatic heterocycles. The number of nitrogens with zero attached hydrogens (tertiary/aromatic N) is 2. The molecule has 0 atom stereocenters. The Balaban J connectivity index is 2.03. The average molecular weight is 389 g/mol. The molecule has 0 unspecified atom stereocenters. The zero-order chi connectivity index (χ0) is 20.0. The molecule has 0 bridgehead atoms. The lowest BCUT2D eigenvalue weighted by Gasteiger charge is -2.15. The molecule has 0 aliphatic rings. The molecule has 1 amide bonds. The van der Waals surface area contributed by atoms with Crippen LogP contribution in [-0.2, 0) is 16.1 Å². The van der Waals surface area contributed by atoms with E-state index in [0.717, 1.165) is 5.56 Å². The van der Waals surface area contributed by atoms with Gasteiger partial charge in [-0.15, -0.1) is 0 Å². The van der Waals surface area contributed by atoms with Crippen LogP contribution in [0.15, 0.2) is 48.5 Å². The van der Waals surface area contributed by atoms with Crippen LogP contribution in [0.25, 0.3) is 6.08 Å². The van der Waals surface area contributed by atoms with Gasteiger partial charge in [-0.2, -0.15) is 0 Å². The Kier molecular flexibility index (Phi) is 6.67. The third-order valence-corrected chi connectivity index (χ3v) is 4.08. The van der Waals surface area contributed by atoms with Crippen LogP contribution < -0.4 is 0 Å². The van der Waals surface area contributed by atoms with E-state index < -0.39 is 10.9 Å². The number of nitro groups is 1. The SMILES string of the molecule is COC(=O)c1ccc(CN(C)C(=O)/C=C/c2ccc(Cl)c([N+](=O)[O-])c2)cc1. The summed E-state index contributed by atoms with van der Waals surface area (Å²) < 4.78 is 4.64. The molecule has 2 aromatic carbocycles. The first-order valence-electron chi connectivity index (χ1n) is 7.86. The number of likely N-dealkylation sites (N-methyl/N-ethyl adjacent to an activating group) is 1. The van der Waals surface area contributed by atoms with Gasteiger partial charge in [0.15, 0.2) is 0 Å². The number of carbonyl (C=O) groups excluding carboxylic acids is 2. The number of carbonyl (C=O) groups is 2. The van der Waals surface area contributed by atoms with Crippen molar-refractivity contribution in [3.8, 4) is 0 Å². The Morgan fingerprint density at radius 3 is 2.48 bits per heavy atom. The minimum Gasteiger partial charge on any atom is -0.465 e. The highest BCUT2D eigenvalue weighted by molar-refractivity contribution is 6.32. The highest BCUT2D eigenvalue weighted by atomic mass is 35.5. The van der Waals surface area contributed by atoms with Gasteiger partial charge < -0.3 is 9.64 Å². The van der Waals surface area contributed by atoms with Crippen LogP contribution in [0.4, 0.5) is 5.69 Å². The third-order valence-electron chi connectivity index (χ3n) is 3.76. The maximum absolute atomic E-state index is 12.2. The van der Waals surface area contributed by atoms with E-state index in [2.05, 4.69) is 4.74 Å². The topological polar surface area (TPSA) is 89.8 Å². The van der Waals surface area contributed by atoms with E-state index in [1.807, 2.05) is 0 Å². The van der Waals surface area contributed by atoms with Crippen molar-refractivity contribution in [3.05, 3.63) is 80.4 Å². The van der Waals surface area contributed by atoms with Gasteiger partial charge in [0.25, 0.3) is 5.69 Å². The van der Waals surface area contributed by atoms with Crippen LogP contribution >= 0.6 is 11.6 Å². The summed E-state index contributed by atoms with van der Waals surface area (Å²) >= 11 is 5.76. The number of benzene rings is 2. The van der Waals surface area contributed by atoms with E-state index in [4.69, 9.17) is 11.6 Å². The van der Waals surface area contributed by atoms with Crippen LogP contribution in [-0.4, -0.2) is 35.9 Å². The zero-order valence-electron chi connectivity index (χ0n) is 14.7. The summed E-state index contributed by atoms with van der Waals surface area (Å²) in [6.45, 7) is 0.339. The fourth-order valence-electron chi connectivity index (χ4n) is 2.28. The van der Waals surface area contributed by atoms with E-state index in [1.165, 1.54) is 36.3 Å². The number of hydrogen-bond acceptors (Lipinski definition) is 5. The molecule has 27 heavy (non-hydrogen) atoms. The van der Waals surface area contributed by atoms with Crippen molar-refractivity contribution in [2.24, 2.45) is 0 Å². The van der Waals surface area contributed by atoms with Crippen LogP contribution in [0.1, 0.15) is 21.5 Å². The number of ether oxygens (including phenoxy) is 1. The van der Waals surface area contributed by atoms with Gasteiger partial charge in [-0.1, -0.05) is 29.8 Å². The van der Waals surface area contributed by atoms with Gasteiger partial charge >= 0.3 is 5.97 Å². The van der Waals surface area contributed by atoms with Gasteiger partial charge in [-0.25, -0.2) is 4.79 Å². The van der Waals surface area contributed by atoms with Gasteiger partial charge in [0.1, 0.15) is 5.02 Å². The second-order valence-corrected chi connectivity index (χ2v) is 6.09. The maximum atomic E-state index is 12.2. The largest absolute Gasteiger partial charge is 0.465 e. The maximum Gasteiger partial charge on any atom is 0.337 e. The Labute approximate surface area is 161 Å². The Morgan fingerprint density at radius 2 is 1.89 bits per heavy atom. The van der Waals surface area contributed by atoms with Crippen molar-refractivity contribution in [1.82, 2.24) is 4.90 Å². The van der Waals surface area contributed by atoms with E-state index in [0.29, 0.717) is 17.7 Å². The number of nitro benzene ring substituents is 1. The molecule has 8 heteroatoms. The molecule has 0 spiro atoms. The van der Waals surface area contributed by atoms with Gasteiger partial charge in [0.05, 0.1) is 17.6 Å².